The summed E-state index contributed by atoms with van der Waals surface area (Å²) in [7, 11) is 9.04. The van der Waals surface area contributed by atoms with Crippen LogP contribution in [0, 0.1) is 27.7 Å². The van der Waals surface area contributed by atoms with Crippen LogP contribution in [0.5, 0.6) is 0 Å². The van der Waals surface area contributed by atoms with E-state index in [0.29, 0.717) is 153 Å². The highest BCUT2D eigenvalue weighted by molar-refractivity contribution is 6.01. The van der Waals surface area contributed by atoms with Gasteiger partial charge in [-0.05, 0) is 143 Å². The van der Waals surface area contributed by atoms with E-state index in [-0.39, 0.29) is 29.5 Å². The molecule has 28 rings (SSSR count). The van der Waals surface area contributed by atoms with Crippen LogP contribution in [0.25, 0.3) is 96.0 Å². The Labute approximate surface area is 828 Å². The maximum Gasteiger partial charge on any atom is 0.236 e. The van der Waals surface area contributed by atoms with Gasteiger partial charge in [0.05, 0.1) is 90.7 Å². The number of hydrogen-bond acceptors (Lipinski definition) is 27. The molecule has 20 bridgehead atoms. The number of hydrogen-bond donors (Lipinski definition) is 3. The van der Waals surface area contributed by atoms with E-state index in [1.807, 2.05) is 142 Å². The lowest BCUT2D eigenvalue weighted by atomic mass is 9.99. The van der Waals surface area contributed by atoms with Crippen molar-refractivity contribution in [2.24, 2.45) is 21.1 Å². The average molecular weight is 1940 g/mol. The first-order chi connectivity index (χ1) is 70.5. The molecule has 726 valence electrons. The molecule has 3 N–H and O–H groups in total. The molecule has 145 heavy (non-hydrogen) atoms. The number of imidazole rings is 2. The number of fused-ring (bicyclic) bond motifs is 34. The number of carbonyl (C=O) groups is 5. The van der Waals surface area contributed by atoms with E-state index in [1.165, 1.54) is 29.7 Å². The van der Waals surface area contributed by atoms with Gasteiger partial charge in [0.25, 0.3) is 0 Å². The number of rotatable bonds is 1. The van der Waals surface area contributed by atoms with Crippen molar-refractivity contribution >= 4 is 98.0 Å². The van der Waals surface area contributed by atoms with Gasteiger partial charge in [-0.2, -0.15) is 91.5 Å². The smallest absolute Gasteiger partial charge is 0.236 e. The van der Waals surface area contributed by atoms with Crippen molar-refractivity contribution in [2.45, 2.75) is 175 Å². The zero-order valence-electron chi connectivity index (χ0n) is 81.2. The second-order valence-corrected chi connectivity index (χ2v) is 38.0. The second-order valence-electron chi connectivity index (χ2n) is 38.0. The summed E-state index contributed by atoms with van der Waals surface area (Å²) in [4.78, 5) is 84.2. The highest BCUT2D eigenvalue weighted by Crippen LogP contribution is 2.48. The average Bonchev–Trinajstić information content (AvgIpc) is 1.58. The van der Waals surface area contributed by atoms with Crippen molar-refractivity contribution in [2.75, 3.05) is 39.8 Å². The quantitative estimate of drug-likeness (QED) is 0.137. The molecule has 17 aromatic rings. The monoisotopic (exact) mass is 1930 g/mol. The Morgan fingerprint density at radius 3 is 1.06 bits per heavy atom. The third-order valence-corrected chi connectivity index (χ3v) is 27.9. The van der Waals surface area contributed by atoms with Crippen LogP contribution >= 0.6 is 0 Å². The number of anilines is 5. The Kier molecular flexibility index (Phi) is 22.6. The van der Waals surface area contributed by atoms with Gasteiger partial charge in [0, 0.05) is 268 Å². The van der Waals surface area contributed by atoms with Crippen molar-refractivity contribution in [1.82, 2.24) is 158 Å². The molecule has 42 nitrogen and oxygen atoms in total. The fourth-order valence-corrected chi connectivity index (χ4v) is 20.6. The predicted molar refractivity (Wildman–Crippen MR) is 536 cm³/mol. The van der Waals surface area contributed by atoms with Gasteiger partial charge in [-0.25, -0.2) is 9.97 Å². The molecule has 0 aromatic carbocycles. The van der Waals surface area contributed by atoms with Crippen LogP contribution in [0.1, 0.15) is 196 Å². The summed E-state index contributed by atoms with van der Waals surface area (Å²) in [6.07, 6.45) is 45.9. The molecule has 11 aliphatic rings. The second kappa shape index (κ2) is 36.5. The number of allylic oxidation sites excluding steroid dienone is 5. The predicted octanol–water partition coefficient (Wildman–Crippen LogP) is 11.7. The van der Waals surface area contributed by atoms with Crippen LogP contribution in [0.2, 0.25) is 0 Å². The lowest BCUT2D eigenvalue weighted by molar-refractivity contribution is -0.119. The van der Waals surface area contributed by atoms with Crippen molar-refractivity contribution in [3.63, 3.8) is 0 Å². The fraction of sp³-hybridized carbons (Fsp3) is 0.311. The van der Waals surface area contributed by atoms with Gasteiger partial charge in [-0.3, -0.25) is 80.0 Å². The van der Waals surface area contributed by atoms with Gasteiger partial charge in [0.15, 0.2) is 29.1 Å². The normalized spacial score (nSPS) is 16.2. The standard InChI is InChI=1S/C22H20N8O.C21H18N8O.C21H21N7O.C20H21N7O.C19H19N7O/c1-13-16-12-29(27-13)9-3-5-19(31)28(2)21-20(30-10-4-8-23-22(30)24-21)18-11-15-14(16)6-7-17(15)25-26-18;1-12-15-11-28(27-12)8-2-4-18(30)23-20-19(29-9-3-7-22-21(29)24-20)17-10-14-13(15)5-6-16(14)25-26-17;1-27-10-16-18-9-14-13(6-7-17(14)23-24-18)15-11-28(25-20(15)12-4-5-12)8-2-3-19(29)22-21(16)26-27;1-12-15-11-27(23-12)8-4-5-19(28)26(3)20-16(10-25(2)24-20)18-9-14-13(15)6-7-17(14)21-22-18;1-11-14-10-26(23-11)7-3-4-18(27)20-19-15(9-25(2)24-19)17-8-13-12(14)5-6-16(13)21-22-17/h4,6,8,10-12H,3,5,7,9H2,1-2H3;3,5,7,9-11H,2,4,6,8H2,1H3,(H,23,30);6,9-12H,2-5,7-8H2,1H3,(H,22,26,29);6,9-11H,4-5,7-8H2,1-3H3;5,8-10H,3-4,6-7H2,1-2H3,(H,20,24,27). The van der Waals surface area contributed by atoms with E-state index in [0.717, 1.165) is 203 Å². The molecule has 6 aliphatic carbocycles. The third-order valence-electron chi connectivity index (χ3n) is 27.9. The molecule has 1 saturated carbocycles. The molecule has 5 aliphatic heterocycles. The molecule has 17 aromatic heterocycles. The molecule has 0 unspecified atom stereocenters. The minimum absolute atomic E-state index is 0.0134. The number of nitrogens with one attached hydrogen (secondary N) is 3. The van der Waals surface area contributed by atoms with Gasteiger partial charge in [0.2, 0.25) is 41.1 Å². The van der Waals surface area contributed by atoms with Crippen LogP contribution < -0.4 is 25.8 Å². The molecule has 0 atom stereocenters. The summed E-state index contributed by atoms with van der Waals surface area (Å²) in [6.45, 7) is 11.6. The molecule has 1 fully saturated rings. The van der Waals surface area contributed by atoms with E-state index in [1.54, 1.807) is 50.3 Å². The van der Waals surface area contributed by atoms with Gasteiger partial charge >= 0.3 is 0 Å². The minimum Gasteiger partial charge on any atom is -0.309 e. The fourth-order valence-electron chi connectivity index (χ4n) is 20.6. The zero-order chi connectivity index (χ0) is 98.8. The van der Waals surface area contributed by atoms with Crippen molar-refractivity contribution in [3.05, 3.63) is 260 Å². The highest BCUT2D eigenvalue weighted by atomic mass is 16.2. The third kappa shape index (κ3) is 17.0. The molecule has 0 saturated heterocycles. The van der Waals surface area contributed by atoms with Crippen LogP contribution in [-0.2, 0) is 110 Å². The Morgan fingerprint density at radius 2 is 0.641 bits per heavy atom. The molecule has 22 heterocycles. The zero-order valence-corrected chi connectivity index (χ0v) is 81.2. The van der Waals surface area contributed by atoms with Crippen molar-refractivity contribution in [3.8, 4) is 56.5 Å². The first-order valence-electron chi connectivity index (χ1n) is 48.8. The summed E-state index contributed by atoms with van der Waals surface area (Å²) in [5, 5.41) is 90.2. The first kappa shape index (κ1) is 90.0. The van der Waals surface area contributed by atoms with Crippen LogP contribution in [0.15, 0.2) is 147 Å². The summed E-state index contributed by atoms with van der Waals surface area (Å²) in [5.41, 5.74) is 33.8. The number of nitrogens with zero attached hydrogens (tertiary/aromatic N) is 34. The summed E-state index contributed by atoms with van der Waals surface area (Å²) < 4.78 is 18.5. The maximum atomic E-state index is 13.0. The van der Waals surface area contributed by atoms with Crippen LogP contribution in [0.3, 0.4) is 0 Å². The Balaban J connectivity index is 0.0000000974. The Morgan fingerprint density at radius 1 is 0.310 bits per heavy atom. The largest absolute Gasteiger partial charge is 0.309 e. The SMILES string of the molecule is Cc1nn2cc1C1=CCc3nnc(cc31)-c1c(nc3ncccn13)N(C)C(=O)CCC2.Cc1nn2cc1C1=CCc3nnc(cc31)-c1c(nc3ncccn13)NC(=O)CCC2.Cc1nn2cc1C1=CCc3nnc(cc31)-c1cn(C)nc1N(C)C(=O)CCC2.Cc1nn2cc1C1=CCc3nnc(cc31)-c1cn(C)nc1NC(=O)CCC2.Cn1cc2c(n1)NC(=O)CCCn1cc(c(C3CC3)n1)C1=CCc3nnc-2cc31. The van der Waals surface area contributed by atoms with Crippen LogP contribution in [0.4, 0.5) is 29.1 Å². The van der Waals surface area contributed by atoms with Crippen molar-refractivity contribution in [1.29, 1.82) is 0 Å². The molecular formula is C103H99N37O5. The Hall–Kier alpha value is -17.6. The van der Waals surface area contributed by atoms with E-state index >= 15 is 0 Å². The summed E-state index contributed by atoms with van der Waals surface area (Å²) in [6, 6.07) is 13.9. The van der Waals surface area contributed by atoms with Gasteiger partial charge in [-0.15, -0.1) is 10.2 Å². The van der Waals surface area contributed by atoms with Gasteiger partial charge < -0.3 is 16.0 Å². The van der Waals surface area contributed by atoms with E-state index in [9.17, 15) is 24.0 Å². The summed E-state index contributed by atoms with van der Waals surface area (Å²) in [5.74, 6) is 4.01. The number of carbonyl (C=O) groups excluding carboxylic acids is 5. The minimum atomic E-state index is -0.101. The topological polar surface area (TPSA) is 460 Å². The lowest BCUT2D eigenvalue weighted by Crippen LogP contribution is -2.27. The number of amides is 5. The molecular weight excluding hydrogens is 1840 g/mol. The van der Waals surface area contributed by atoms with Gasteiger partial charge in [-0.1, -0.05) is 30.4 Å². The van der Waals surface area contributed by atoms with Gasteiger partial charge in [0.1, 0.15) is 22.8 Å². The molecule has 42 heteroatoms. The summed E-state index contributed by atoms with van der Waals surface area (Å²) >= 11 is 0. The molecule has 5 amide bonds. The maximum absolute atomic E-state index is 13.0. The van der Waals surface area contributed by atoms with E-state index in [2.05, 4.69) is 196 Å². The number of aromatic nitrogens is 32. The van der Waals surface area contributed by atoms with E-state index in [4.69, 9.17) is 5.10 Å². The molecule has 0 radical (unpaired) electrons. The Bertz CT molecular complexity index is 8420. The number of aryl methyl sites for hydroxylation is 12. The van der Waals surface area contributed by atoms with Crippen LogP contribution in [-0.4, -0.2) is 202 Å². The van der Waals surface area contributed by atoms with Crippen molar-refractivity contribution < 1.29 is 24.0 Å². The highest BCUT2D eigenvalue weighted by Gasteiger charge is 2.37. The first-order valence-corrected chi connectivity index (χ1v) is 48.8. The van der Waals surface area contributed by atoms with E-state index < -0.39 is 0 Å². The molecule has 0 spiro atoms. The lowest BCUT2D eigenvalue weighted by Gasteiger charge is -2.17.